The highest BCUT2D eigenvalue weighted by atomic mass is 16.5. The Kier molecular flexibility index (Phi) is 4.19. The van der Waals surface area contributed by atoms with Gasteiger partial charge in [0.15, 0.2) is 0 Å². The standard InChI is InChI=1S/C15H23NO/c1-11-8-12(2)10-13(9-11)15(16)6-5-14-4-3-7-17-14/h8-10,14-15H,3-7,16H2,1-2H3. The van der Waals surface area contributed by atoms with Crippen LogP contribution >= 0.6 is 0 Å². The molecule has 1 heterocycles. The average Bonchev–Trinajstić information content (AvgIpc) is 2.77. The number of hydrogen-bond donors (Lipinski definition) is 1. The van der Waals surface area contributed by atoms with E-state index >= 15 is 0 Å². The van der Waals surface area contributed by atoms with Crippen LogP contribution in [0.1, 0.15) is 48.4 Å². The number of aryl methyl sites for hydroxylation is 2. The molecule has 1 aromatic carbocycles. The number of hydrogen-bond acceptors (Lipinski definition) is 2. The molecule has 1 saturated heterocycles. The topological polar surface area (TPSA) is 35.2 Å². The first kappa shape index (κ1) is 12.6. The second-order valence-corrected chi connectivity index (χ2v) is 5.24. The molecule has 17 heavy (non-hydrogen) atoms. The third-order valence-corrected chi connectivity index (χ3v) is 3.50. The highest BCUT2D eigenvalue weighted by molar-refractivity contribution is 5.30. The molecule has 1 aromatic rings. The highest BCUT2D eigenvalue weighted by Crippen LogP contribution is 2.23. The lowest BCUT2D eigenvalue weighted by Gasteiger charge is -2.16. The van der Waals surface area contributed by atoms with Gasteiger partial charge in [-0.25, -0.2) is 0 Å². The van der Waals surface area contributed by atoms with E-state index in [1.165, 1.54) is 29.5 Å². The zero-order chi connectivity index (χ0) is 12.3. The Hall–Kier alpha value is -0.860. The Labute approximate surface area is 104 Å². The Balaban J connectivity index is 1.91. The largest absolute Gasteiger partial charge is 0.378 e. The van der Waals surface area contributed by atoms with E-state index < -0.39 is 0 Å². The van der Waals surface area contributed by atoms with Crippen LogP contribution in [0.2, 0.25) is 0 Å². The van der Waals surface area contributed by atoms with E-state index in [9.17, 15) is 0 Å². The summed E-state index contributed by atoms with van der Waals surface area (Å²) in [4.78, 5) is 0. The smallest absolute Gasteiger partial charge is 0.0576 e. The van der Waals surface area contributed by atoms with E-state index in [2.05, 4.69) is 32.0 Å². The van der Waals surface area contributed by atoms with Crippen LogP contribution in [0.25, 0.3) is 0 Å². The van der Waals surface area contributed by atoms with Crippen molar-refractivity contribution in [2.45, 2.75) is 51.7 Å². The summed E-state index contributed by atoms with van der Waals surface area (Å²) in [6.07, 6.45) is 4.98. The van der Waals surface area contributed by atoms with Crippen molar-refractivity contribution >= 4 is 0 Å². The van der Waals surface area contributed by atoms with Crippen LogP contribution in [0.4, 0.5) is 0 Å². The predicted octanol–water partition coefficient (Wildman–Crippen LogP) is 3.26. The van der Waals surface area contributed by atoms with Crippen LogP contribution in [0.3, 0.4) is 0 Å². The summed E-state index contributed by atoms with van der Waals surface area (Å²) in [6.45, 7) is 5.19. The van der Waals surface area contributed by atoms with Crippen molar-refractivity contribution in [2.24, 2.45) is 5.73 Å². The van der Waals surface area contributed by atoms with Gasteiger partial charge in [0.05, 0.1) is 6.10 Å². The average molecular weight is 233 g/mol. The number of ether oxygens (including phenoxy) is 1. The van der Waals surface area contributed by atoms with E-state index in [-0.39, 0.29) is 6.04 Å². The number of nitrogens with two attached hydrogens (primary N) is 1. The first-order valence-electron chi connectivity index (χ1n) is 6.60. The predicted molar refractivity (Wildman–Crippen MR) is 71.1 cm³/mol. The molecule has 1 fully saturated rings. The minimum atomic E-state index is 0.151. The van der Waals surface area contributed by atoms with Gasteiger partial charge in [0.25, 0.3) is 0 Å². The van der Waals surface area contributed by atoms with Gasteiger partial charge in [-0.15, -0.1) is 0 Å². The van der Waals surface area contributed by atoms with E-state index in [1.54, 1.807) is 0 Å². The van der Waals surface area contributed by atoms with Crippen molar-refractivity contribution in [2.75, 3.05) is 6.61 Å². The molecule has 2 nitrogen and oxygen atoms in total. The van der Waals surface area contributed by atoms with Crippen molar-refractivity contribution < 1.29 is 4.74 Å². The molecular weight excluding hydrogens is 210 g/mol. The molecule has 2 rings (SSSR count). The second-order valence-electron chi connectivity index (χ2n) is 5.24. The molecule has 1 aliphatic heterocycles. The van der Waals surface area contributed by atoms with Gasteiger partial charge in [-0.05, 0) is 45.1 Å². The molecule has 0 aromatic heterocycles. The molecule has 1 aliphatic rings. The van der Waals surface area contributed by atoms with Gasteiger partial charge in [-0.1, -0.05) is 29.3 Å². The summed E-state index contributed by atoms with van der Waals surface area (Å²) in [5, 5.41) is 0. The Morgan fingerprint density at radius 2 is 2.00 bits per heavy atom. The quantitative estimate of drug-likeness (QED) is 0.866. The Morgan fingerprint density at radius 3 is 2.59 bits per heavy atom. The molecule has 0 bridgehead atoms. The molecule has 2 N–H and O–H groups in total. The van der Waals surface area contributed by atoms with Crippen LogP contribution in [0.15, 0.2) is 18.2 Å². The molecule has 2 atom stereocenters. The number of benzene rings is 1. The maximum absolute atomic E-state index is 6.26. The lowest BCUT2D eigenvalue weighted by atomic mass is 9.97. The van der Waals surface area contributed by atoms with Crippen LogP contribution in [-0.4, -0.2) is 12.7 Å². The van der Waals surface area contributed by atoms with Gasteiger partial charge in [0.1, 0.15) is 0 Å². The molecule has 0 aliphatic carbocycles. The maximum Gasteiger partial charge on any atom is 0.0576 e. The summed E-state index contributed by atoms with van der Waals surface area (Å²) < 4.78 is 5.63. The minimum absolute atomic E-state index is 0.151. The summed E-state index contributed by atoms with van der Waals surface area (Å²) in [5.41, 5.74) is 10.1. The molecule has 0 saturated carbocycles. The van der Waals surface area contributed by atoms with E-state index in [1.807, 2.05) is 0 Å². The highest BCUT2D eigenvalue weighted by Gasteiger charge is 2.17. The SMILES string of the molecule is Cc1cc(C)cc(C(N)CCC2CCCO2)c1. The minimum Gasteiger partial charge on any atom is -0.378 e. The molecule has 0 spiro atoms. The van der Waals surface area contributed by atoms with E-state index in [0.29, 0.717) is 6.10 Å². The van der Waals surface area contributed by atoms with Crippen LogP contribution in [0.5, 0.6) is 0 Å². The fourth-order valence-corrected chi connectivity index (χ4v) is 2.63. The molecule has 2 unspecified atom stereocenters. The van der Waals surface area contributed by atoms with Crippen LogP contribution in [-0.2, 0) is 4.74 Å². The molecule has 94 valence electrons. The van der Waals surface area contributed by atoms with Crippen molar-refractivity contribution in [1.82, 2.24) is 0 Å². The van der Waals surface area contributed by atoms with Gasteiger partial charge < -0.3 is 10.5 Å². The normalized spacial score (nSPS) is 21.7. The third-order valence-electron chi connectivity index (χ3n) is 3.50. The van der Waals surface area contributed by atoms with Gasteiger partial charge in [0, 0.05) is 12.6 Å². The first-order valence-corrected chi connectivity index (χ1v) is 6.60. The van der Waals surface area contributed by atoms with Crippen molar-refractivity contribution in [1.29, 1.82) is 0 Å². The zero-order valence-corrected chi connectivity index (χ0v) is 10.9. The fourth-order valence-electron chi connectivity index (χ4n) is 2.63. The van der Waals surface area contributed by atoms with E-state index in [4.69, 9.17) is 10.5 Å². The van der Waals surface area contributed by atoms with Crippen molar-refractivity contribution in [3.8, 4) is 0 Å². The van der Waals surface area contributed by atoms with Crippen LogP contribution < -0.4 is 5.73 Å². The molecule has 0 amide bonds. The molecule has 2 heteroatoms. The van der Waals surface area contributed by atoms with Gasteiger partial charge in [-0.3, -0.25) is 0 Å². The molecule has 0 radical (unpaired) electrons. The fraction of sp³-hybridized carbons (Fsp3) is 0.600. The van der Waals surface area contributed by atoms with Crippen molar-refractivity contribution in [3.05, 3.63) is 34.9 Å². The zero-order valence-electron chi connectivity index (χ0n) is 10.9. The summed E-state index contributed by atoms with van der Waals surface area (Å²) in [6, 6.07) is 6.74. The monoisotopic (exact) mass is 233 g/mol. The lowest BCUT2D eigenvalue weighted by Crippen LogP contribution is -2.14. The van der Waals surface area contributed by atoms with E-state index in [0.717, 1.165) is 19.4 Å². The summed E-state index contributed by atoms with van der Waals surface area (Å²) in [5.74, 6) is 0. The Morgan fingerprint density at radius 1 is 1.29 bits per heavy atom. The van der Waals surface area contributed by atoms with Crippen LogP contribution in [0, 0.1) is 13.8 Å². The third kappa shape index (κ3) is 3.55. The second kappa shape index (κ2) is 5.65. The maximum atomic E-state index is 6.26. The Bertz CT molecular complexity index is 349. The summed E-state index contributed by atoms with van der Waals surface area (Å²) in [7, 11) is 0. The summed E-state index contributed by atoms with van der Waals surface area (Å²) >= 11 is 0. The lowest BCUT2D eigenvalue weighted by molar-refractivity contribution is 0.101. The van der Waals surface area contributed by atoms with Crippen molar-refractivity contribution in [3.63, 3.8) is 0 Å². The number of rotatable bonds is 4. The van der Waals surface area contributed by atoms with Gasteiger partial charge >= 0.3 is 0 Å². The van der Waals surface area contributed by atoms with Gasteiger partial charge in [0.2, 0.25) is 0 Å². The van der Waals surface area contributed by atoms with Gasteiger partial charge in [-0.2, -0.15) is 0 Å². The molecular formula is C15H23NO. The first-order chi connectivity index (χ1) is 8.15.